The molecule has 4 saturated carbocycles. The van der Waals surface area contributed by atoms with Crippen molar-refractivity contribution in [2.45, 2.75) is 83.7 Å². The highest BCUT2D eigenvalue weighted by atomic mass is 16.4. The molecule has 0 radical (unpaired) electrons. The third-order valence-electron chi connectivity index (χ3n) is 9.09. The Morgan fingerprint density at radius 3 is 2.52 bits per heavy atom. The topological polar surface area (TPSA) is 52.8 Å². The molecule has 4 fully saturated rings. The minimum Gasteiger partial charge on any atom is -0.411 e. The van der Waals surface area contributed by atoms with Crippen LogP contribution >= 0.6 is 0 Å². The van der Waals surface area contributed by atoms with Crippen molar-refractivity contribution in [2.24, 2.45) is 39.7 Å². The molecular weight excluding hydrogens is 286 g/mol. The fraction of sp³-hybridized carbons (Fsp3) is 0.950. The standard InChI is InChI=1S/C20H33NO2/c1-18-10-4-3-5-14(18)6-7-17-16(18)9-11-19(2)15(13-21-23)8-12-20(17,19)22/h13-17,22-23H,3-12H2,1-2H3/b21-13-/t14-,15?,16-,17+,18-,19+,20-/m0/s1. The maximum absolute atomic E-state index is 11.8. The van der Waals surface area contributed by atoms with Crippen LogP contribution in [-0.2, 0) is 0 Å². The van der Waals surface area contributed by atoms with Gasteiger partial charge in [0.1, 0.15) is 0 Å². The summed E-state index contributed by atoms with van der Waals surface area (Å²) in [4.78, 5) is 0. The van der Waals surface area contributed by atoms with Crippen LogP contribution in [-0.4, -0.2) is 22.1 Å². The second-order valence-electron chi connectivity index (χ2n) is 9.53. The first-order chi connectivity index (χ1) is 11.0. The fourth-order valence-electron chi connectivity index (χ4n) is 7.62. The summed E-state index contributed by atoms with van der Waals surface area (Å²) >= 11 is 0. The number of hydrogen-bond donors (Lipinski definition) is 2. The van der Waals surface area contributed by atoms with E-state index in [9.17, 15) is 5.11 Å². The molecule has 0 aromatic carbocycles. The number of rotatable bonds is 1. The van der Waals surface area contributed by atoms with E-state index in [2.05, 4.69) is 19.0 Å². The van der Waals surface area contributed by atoms with E-state index < -0.39 is 5.60 Å². The van der Waals surface area contributed by atoms with Gasteiger partial charge in [-0.25, -0.2) is 0 Å². The van der Waals surface area contributed by atoms with E-state index >= 15 is 0 Å². The Hall–Kier alpha value is -0.570. The lowest BCUT2D eigenvalue weighted by atomic mass is 9.43. The Morgan fingerprint density at radius 2 is 1.74 bits per heavy atom. The van der Waals surface area contributed by atoms with E-state index in [1.54, 1.807) is 6.21 Å². The molecule has 0 amide bonds. The molecule has 4 aliphatic rings. The smallest absolute Gasteiger partial charge is 0.0738 e. The van der Waals surface area contributed by atoms with Crippen LogP contribution in [0.2, 0.25) is 0 Å². The summed E-state index contributed by atoms with van der Waals surface area (Å²) in [5.74, 6) is 2.28. The van der Waals surface area contributed by atoms with Gasteiger partial charge in [0, 0.05) is 17.5 Å². The minimum absolute atomic E-state index is 0.0989. The van der Waals surface area contributed by atoms with Gasteiger partial charge in [-0.3, -0.25) is 0 Å². The van der Waals surface area contributed by atoms with Gasteiger partial charge in [-0.2, -0.15) is 0 Å². The molecule has 1 unspecified atom stereocenters. The van der Waals surface area contributed by atoms with Crippen LogP contribution in [0.15, 0.2) is 5.16 Å². The molecule has 0 saturated heterocycles. The van der Waals surface area contributed by atoms with Crippen LogP contribution < -0.4 is 0 Å². The van der Waals surface area contributed by atoms with E-state index in [-0.39, 0.29) is 11.3 Å². The first kappa shape index (κ1) is 15.9. The molecule has 23 heavy (non-hydrogen) atoms. The van der Waals surface area contributed by atoms with Crippen molar-refractivity contribution in [3.8, 4) is 0 Å². The zero-order chi connectivity index (χ0) is 16.3. The van der Waals surface area contributed by atoms with Gasteiger partial charge in [0.15, 0.2) is 0 Å². The molecule has 2 N–H and O–H groups in total. The summed E-state index contributed by atoms with van der Waals surface area (Å²) in [6.07, 6.45) is 14.0. The lowest BCUT2D eigenvalue weighted by Crippen LogP contribution is -2.61. The number of hydrogen-bond acceptors (Lipinski definition) is 3. The normalized spacial score (nSPS) is 56.1. The number of aliphatic hydroxyl groups is 1. The van der Waals surface area contributed by atoms with Crippen molar-refractivity contribution in [2.75, 3.05) is 0 Å². The van der Waals surface area contributed by atoms with Crippen LogP contribution in [0.1, 0.15) is 78.1 Å². The van der Waals surface area contributed by atoms with Crippen molar-refractivity contribution in [1.82, 2.24) is 0 Å². The first-order valence-corrected chi connectivity index (χ1v) is 9.86. The lowest BCUT2D eigenvalue weighted by molar-refractivity contribution is -0.201. The Labute approximate surface area is 140 Å². The van der Waals surface area contributed by atoms with Crippen molar-refractivity contribution >= 4 is 6.21 Å². The predicted molar refractivity (Wildman–Crippen MR) is 91.6 cm³/mol. The maximum Gasteiger partial charge on any atom is 0.0738 e. The van der Waals surface area contributed by atoms with E-state index in [0.29, 0.717) is 17.3 Å². The Bertz CT molecular complexity index is 506. The van der Waals surface area contributed by atoms with Gasteiger partial charge in [-0.1, -0.05) is 26.7 Å². The SMILES string of the molecule is C[C@]12CCCC[C@H]1CC[C@@H]1[C@@H]2CC[C@]2(C)C(/C=N\O)CC[C@]12O. The van der Waals surface area contributed by atoms with Crippen molar-refractivity contribution in [1.29, 1.82) is 0 Å². The van der Waals surface area contributed by atoms with Gasteiger partial charge in [-0.15, -0.1) is 5.16 Å². The fourth-order valence-corrected chi connectivity index (χ4v) is 7.62. The number of oxime groups is 1. The highest BCUT2D eigenvalue weighted by molar-refractivity contribution is 5.62. The third-order valence-corrected chi connectivity index (χ3v) is 9.09. The van der Waals surface area contributed by atoms with Gasteiger partial charge < -0.3 is 10.3 Å². The predicted octanol–water partition coefficient (Wildman–Crippen LogP) is 4.61. The summed E-state index contributed by atoms with van der Waals surface area (Å²) in [5, 5.41) is 24.2. The van der Waals surface area contributed by atoms with Crippen LogP contribution in [0.3, 0.4) is 0 Å². The monoisotopic (exact) mass is 319 g/mol. The summed E-state index contributed by atoms with van der Waals surface area (Å²) in [6.45, 7) is 4.80. The first-order valence-electron chi connectivity index (χ1n) is 9.86. The molecule has 4 aliphatic carbocycles. The van der Waals surface area contributed by atoms with Crippen LogP contribution in [0.5, 0.6) is 0 Å². The molecule has 130 valence electrons. The van der Waals surface area contributed by atoms with Gasteiger partial charge in [-0.05, 0) is 74.5 Å². The average Bonchev–Trinajstić information content (AvgIpc) is 2.80. The largest absolute Gasteiger partial charge is 0.411 e. The highest BCUT2D eigenvalue weighted by Gasteiger charge is 2.66. The molecule has 0 spiro atoms. The molecule has 0 heterocycles. The quantitative estimate of drug-likeness (QED) is 0.421. The molecule has 0 aromatic heterocycles. The third kappa shape index (κ3) is 1.95. The molecule has 0 aromatic rings. The van der Waals surface area contributed by atoms with Gasteiger partial charge in [0.05, 0.1) is 5.60 Å². The van der Waals surface area contributed by atoms with E-state index in [1.807, 2.05) is 0 Å². The van der Waals surface area contributed by atoms with Gasteiger partial charge >= 0.3 is 0 Å². The molecular formula is C20H33NO2. The Balaban J connectivity index is 1.68. The summed E-state index contributed by atoms with van der Waals surface area (Å²) < 4.78 is 0. The molecule has 4 rings (SSSR count). The summed E-state index contributed by atoms with van der Waals surface area (Å²) in [7, 11) is 0. The van der Waals surface area contributed by atoms with Crippen molar-refractivity contribution in [3.05, 3.63) is 0 Å². The second-order valence-corrected chi connectivity index (χ2v) is 9.53. The highest BCUT2D eigenvalue weighted by Crippen LogP contribution is 2.68. The van der Waals surface area contributed by atoms with E-state index in [4.69, 9.17) is 5.21 Å². The zero-order valence-electron chi connectivity index (χ0n) is 14.8. The molecule has 3 heteroatoms. The van der Waals surface area contributed by atoms with Gasteiger partial charge in [0.2, 0.25) is 0 Å². The van der Waals surface area contributed by atoms with Crippen molar-refractivity contribution < 1.29 is 10.3 Å². The van der Waals surface area contributed by atoms with E-state index in [1.165, 1.54) is 44.9 Å². The van der Waals surface area contributed by atoms with Crippen LogP contribution in [0.4, 0.5) is 0 Å². The molecule has 7 atom stereocenters. The lowest BCUT2D eigenvalue weighted by Gasteiger charge is -2.63. The number of nitrogens with zero attached hydrogens (tertiary/aromatic N) is 1. The van der Waals surface area contributed by atoms with Gasteiger partial charge in [0.25, 0.3) is 0 Å². The summed E-state index contributed by atoms with van der Waals surface area (Å²) in [6, 6.07) is 0. The zero-order valence-corrected chi connectivity index (χ0v) is 14.8. The maximum atomic E-state index is 11.8. The van der Waals surface area contributed by atoms with Crippen molar-refractivity contribution in [3.63, 3.8) is 0 Å². The van der Waals surface area contributed by atoms with E-state index in [0.717, 1.165) is 25.2 Å². The molecule has 3 nitrogen and oxygen atoms in total. The van der Waals surface area contributed by atoms with Crippen LogP contribution in [0.25, 0.3) is 0 Å². The Kier molecular flexibility index (Phi) is 3.61. The minimum atomic E-state index is -0.548. The van der Waals surface area contributed by atoms with Crippen LogP contribution in [0, 0.1) is 34.5 Å². The molecule has 0 bridgehead atoms. The summed E-state index contributed by atoms with van der Waals surface area (Å²) in [5.41, 5.74) is -0.188. The Morgan fingerprint density at radius 1 is 0.913 bits per heavy atom. The molecule has 0 aliphatic heterocycles. The number of fused-ring (bicyclic) bond motifs is 5. The second kappa shape index (κ2) is 5.21. The average molecular weight is 319 g/mol.